The van der Waals surface area contributed by atoms with Crippen LogP contribution in [0.25, 0.3) is 0 Å². The molecule has 2 fully saturated rings. The second kappa shape index (κ2) is 10.7. The monoisotopic (exact) mass is 512 g/mol. The zero-order valence-electron chi connectivity index (χ0n) is 22.1. The van der Waals surface area contributed by atoms with Crippen molar-refractivity contribution in [1.82, 2.24) is 0 Å². The van der Waals surface area contributed by atoms with Crippen LogP contribution in [0.2, 0.25) is 0 Å². The summed E-state index contributed by atoms with van der Waals surface area (Å²) in [4.78, 5) is 25.2. The highest BCUT2D eigenvalue weighted by molar-refractivity contribution is 5.91. The summed E-state index contributed by atoms with van der Waals surface area (Å²) in [6.45, 7) is 11.8. The van der Waals surface area contributed by atoms with Crippen LogP contribution in [0, 0.1) is 11.8 Å². The molecule has 3 aliphatic heterocycles. The van der Waals surface area contributed by atoms with Gasteiger partial charge in [0.15, 0.2) is 17.3 Å². The van der Waals surface area contributed by atoms with Crippen molar-refractivity contribution < 1.29 is 38.4 Å². The molecule has 0 spiro atoms. The van der Waals surface area contributed by atoms with Crippen molar-refractivity contribution in [1.29, 1.82) is 0 Å². The Kier molecular flexibility index (Phi) is 7.80. The summed E-state index contributed by atoms with van der Waals surface area (Å²) in [6, 6.07) is 5.20. The molecule has 0 aromatic heterocycles. The van der Waals surface area contributed by atoms with Crippen molar-refractivity contribution in [2.45, 2.75) is 71.1 Å². The van der Waals surface area contributed by atoms with Gasteiger partial charge in [-0.25, -0.2) is 9.59 Å². The molecule has 0 aliphatic carbocycles. The van der Waals surface area contributed by atoms with E-state index in [1.54, 1.807) is 32.1 Å². The van der Waals surface area contributed by atoms with Gasteiger partial charge in [0.05, 0.1) is 25.7 Å². The summed E-state index contributed by atoms with van der Waals surface area (Å²) in [5.74, 6) is -2.11. The fraction of sp³-hybridized carbons (Fsp3) is 0.517. The molecule has 6 atom stereocenters. The molecule has 8 nitrogen and oxygen atoms in total. The maximum atomic E-state index is 12.8. The van der Waals surface area contributed by atoms with Crippen molar-refractivity contribution in [3.05, 3.63) is 59.2 Å². The normalized spacial score (nSPS) is 31.5. The van der Waals surface area contributed by atoms with Crippen molar-refractivity contribution in [2.24, 2.45) is 11.8 Å². The van der Waals surface area contributed by atoms with Crippen LogP contribution in [0.1, 0.15) is 46.1 Å². The molecule has 3 aliphatic rings. The van der Waals surface area contributed by atoms with E-state index >= 15 is 0 Å². The number of carbonyl (C=O) groups is 2. The molecule has 0 saturated carbocycles. The lowest BCUT2D eigenvalue weighted by molar-refractivity contribution is -0.238. The lowest BCUT2D eigenvalue weighted by atomic mass is 9.81. The van der Waals surface area contributed by atoms with E-state index in [2.05, 4.69) is 6.58 Å². The summed E-state index contributed by atoms with van der Waals surface area (Å²) < 4.78 is 29.8. The number of aromatic hydroxyl groups is 1. The van der Waals surface area contributed by atoms with Gasteiger partial charge in [0.25, 0.3) is 0 Å². The Bertz CT molecular complexity index is 1130. The van der Waals surface area contributed by atoms with Crippen molar-refractivity contribution in [2.75, 3.05) is 13.7 Å². The van der Waals surface area contributed by atoms with Crippen LogP contribution in [0.4, 0.5) is 0 Å². The van der Waals surface area contributed by atoms with Crippen LogP contribution in [0.5, 0.6) is 11.5 Å². The molecule has 0 amide bonds. The maximum Gasteiger partial charge on any atom is 0.334 e. The highest BCUT2D eigenvalue weighted by Gasteiger charge is 2.53. The molecule has 0 radical (unpaired) electrons. The van der Waals surface area contributed by atoms with Gasteiger partial charge in [-0.15, -0.1) is 0 Å². The number of carbonyl (C=O) groups excluding carboxylic acids is 2. The third-order valence-corrected chi connectivity index (χ3v) is 7.68. The van der Waals surface area contributed by atoms with Crippen LogP contribution in [0.3, 0.4) is 0 Å². The Morgan fingerprint density at radius 3 is 2.78 bits per heavy atom. The molecule has 8 heteroatoms. The first-order chi connectivity index (χ1) is 17.6. The Morgan fingerprint density at radius 1 is 1.32 bits per heavy atom. The highest BCUT2D eigenvalue weighted by atomic mass is 16.7. The number of rotatable bonds is 7. The molecule has 6 unspecified atom stereocenters. The van der Waals surface area contributed by atoms with Crippen LogP contribution >= 0.6 is 0 Å². The molecule has 200 valence electrons. The topological polar surface area (TPSA) is 101 Å². The fourth-order valence-electron chi connectivity index (χ4n) is 5.32. The van der Waals surface area contributed by atoms with Crippen LogP contribution in [0.15, 0.2) is 53.6 Å². The zero-order valence-corrected chi connectivity index (χ0v) is 22.1. The SMILES string of the molecule is C=C1C(=O)OC2CC3OC(OCCc4ccc(O)c(OC)c4)(C=C3C)C(C)CC(OC(=O)C(C)=CC)C12. The molecule has 2 bridgehead atoms. The van der Waals surface area contributed by atoms with Crippen molar-refractivity contribution >= 4 is 11.9 Å². The number of ether oxygens (including phenoxy) is 5. The quantitative estimate of drug-likeness (QED) is 0.326. The molecule has 2 saturated heterocycles. The standard InChI is InChI=1S/C29H36O8/c1-7-16(2)27(31)35-24-12-18(4)29(34-11-10-20-8-9-21(30)23(13-20)33-6)15-17(3)22(37-29)14-25-26(24)19(5)28(32)36-25/h7-9,13,15,18,22,24-26,30H,5,10-12,14H2,1-4,6H3. The van der Waals surface area contributed by atoms with Gasteiger partial charge in [0.2, 0.25) is 0 Å². The third kappa shape index (κ3) is 5.31. The molecule has 37 heavy (non-hydrogen) atoms. The highest BCUT2D eigenvalue weighted by Crippen LogP contribution is 2.46. The van der Waals surface area contributed by atoms with Gasteiger partial charge >= 0.3 is 11.9 Å². The minimum Gasteiger partial charge on any atom is -0.504 e. The lowest BCUT2D eigenvalue weighted by Crippen LogP contribution is -2.42. The van der Waals surface area contributed by atoms with Gasteiger partial charge in [-0.05, 0) is 63.0 Å². The van der Waals surface area contributed by atoms with E-state index in [4.69, 9.17) is 23.7 Å². The number of methoxy groups -OCH3 is 1. The first-order valence-electron chi connectivity index (χ1n) is 12.7. The number of fused-ring (bicyclic) bond motifs is 3. The number of phenolic OH excluding ortho intramolecular Hbond substituents is 1. The fourth-order valence-corrected chi connectivity index (χ4v) is 5.32. The van der Waals surface area contributed by atoms with Crippen LogP contribution in [-0.4, -0.2) is 54.9 Å². The van der Waals surface area contributed by atoms with E-state index in [1.165, 1.54) is 7.11 Å². The summed E-state index contributed by atoms with van der Waals surface area (Å²) in [7, 11) is 1.51. The Balaban J connectivity index is 1.59. The predicted molar refractivity (Wildman–Crippen MR) is 136 cm³/mol. The van der Waals surface area contributed by atoms with E-state index < -0.39 is 35.9 Å². The second-order valence-electron chi connectivity index (χ2n) is 10.1. The number of allylic oxidation sites excluding steroid dienone is 1. The number of hydrogen-bond acceptors (Lipinski definition) is 8. The Labute approximate surface area is 217 Å². The van der Waals surface area contributed by atoms with Gasteiger partial charge in [0, 0.05) is 23.5 Å². The molecular weight excluding hydrogens is 476 g/mol. The predicted octanol–water partition coefficient (Wildman–Crippen LogP) is 4.41. The molecular formula is C29H36O8. The van der Waals surface area contributed by atoms with Gasteiger partial charge in [-0.1, -0.05) is 25.6 Å². The molecule has 4 rings (SSSR count). The average molecular weight is 513 g/mol. The van der Waals surface area contributed by atoms with Crippen LogP contribution < -0.4 is 4.74 Å². The third-order valence-electron chi connectivity index (χ3n) is 7.68. The molecule has 1 aromatic carbocycles. The van der Waals surface area contributed by atoms with E-state index in [-0.39, 0.29) is 17.8 Å². The van der Waals surface area contributed by atoms with E-state index in [0.29, 0.717) is 42.8 Å². The first-order valence-corrected chi connectivity index (χ1v) is 12.7. The Morgan fingerprint density at radius 2 is 2.08 bits per heavy atom. The molecule has 1 N–H and O–H groups in total. The van der Waals surface area contributed by atoms with Gasteiger partial charge in [0.1, 0.15) is 12.2 Å². The minimum atomic E-state index is -1.03. The summed E-state index contributed by atoms with van der Waals surface area (Å²) >= 11 is 0. The van der Waals surface area contributed by atoms with Gasteiger partial charge < -0.3 is 28.8 Å². The molecule has 1 aromatic rings. The average Bonchev–Trinajstić information content (AvgIpc) is 3.35. The summed E-state index contributed by atoms with van der Waals surface area (Å²) in [6.07, 6.45) is 3.64. The first kappa shape index (κ1) is 26.9. The largest absolute Gasteiger partial charge is 0.504 e. The number of phenols is 1. The number of esters is 2. The van der Waals surface area contributed by atoms with E-state index in [9.17, 15) is 14.7 Å². The Hall–Kier alpha value is -3.10. The molecule has 3 heterocycles. The number of hydrogen-bond donors (Lipinski definition) is 1. The van der Waals surface area contributed by atoms with Gasteiger partial charge in [-0.3, -0.25) is 0 Å². The summed E-state index contributed by atoms with van der Waals surface area (Å²) in [5.41, 5.74) is 2.77. The zero-order chi connectivity index (χ0) is 26.9. The van der Waals surface area contributed by atoms with Crippen LogP contribution in [-0.2, 0) is 35.0 Å². The lowest BCUT2D eigenvalue weighted by Gasteiger charge is -2.36. The van der Waals surface area contributed by atoms with Gasteiger partial charge in [-0.2, -0.15) is 0 Å². The number of benzene rings is 1. The van der Waals surface area contributed by atoms with E-state index in [0.717, 1.165) is 11.1 Å². The minimum absolute atomic E-state index is 0.0813. The maximum absolute atomic E-state index is 12.8. The van der Waals surface area contributed by atoms with Crippen molar-refractivity contribution in [3.8, 4) is 11.5 Å². The van der Waals surface area contributed by atoms with Crippen molar-refractivity contribution in [3.63, 3.8) is 0 Å². The second-order valence-corrected chi connectivity index (χ2v) is 10.1. The smallest absolute Gasteiger partial charge is 0.334 e. The van der Waals surface area contributed by atoms with E-state index in [1.807, 2.05) is 26.0 Å². The summed E-state index contributed by atoms with van der Waals surface area (Å²) in [5, 5.41) is 9.88.